The van der Waals surface area contributed by atoms with Crippen molar-refractivity contribution in [3.05, 3.63) is 108 Å². The van der Waals surface area contributed by atoms with Crippen molar-refractivity contribution in [2.75, 3.05) is 0 Å². The summed E-state index contributed by atoms with van der Waals surface area (Å²) < 4.78 is 0. The molecule has 0 aliphatic rings. The van der Waals surface area contributed by atoms with E-state index in [1.807, 2.05) is 12.1 Å². The first-order valence-electron chi connectivity index (χ1n) is 8.72. The molecule has 1 N–H and O–H groups in total. The van der Waals surface area contributed by atoms with Gasteiger partial charge in [-0.05, 0) is 30.2 Å². The molecule has 0 aliphatic heterocycles. The molecule has 1 nitrogen and oxygen atoms in total. The predicted molar refractivity (Wildman–Crippen MR) is 109 cm³/mol. The molecule has 0 saturated carbocycles. The molecule has 0 unspecified atom stereocenters. The lowest BCUT2D eigenvalue weighted by Gasteiger charge is -2.02. The van der Waals surface area contributed by atoms with E-state index < -0.39 is 0 Å². The molecule has 26 heavy (non-hydrogen) atoms. The lowest BCUT2D eigenvalue weighted by molar-refractivity contribution is 1.40. The first-order chi connectivity index (χ1) is 12.8. The average Bonchev–Trinajstić information content (AvgIpc) is 3.13. The first kappa shape index (κ1) is 16.0. The monoisotopic (exact) mass is 333 g/mol. The topological polar surface area (TPSA) is 15.8 Å². The highest BCUT2D eigenvalue weighted by Gasteiger charge is 2.12. The van der Waals surface area contributed by atoms with E-state index in [4.69, 9.17) is 0 Å². The fourth-order valence-electron chi connectivity index (χ4n) is 3.00. The van der Waals surface area contributed by atoms with Gasteiger partial charge in [0, 0.05) is 17.3 Å². The fourth-order valence-corrected chi connectivity index (χ4v) is 3.00. The van der Waals surface area contributed by atoms with E-state index in [1.165, 1.54) is 11.1 Å². The van der Waals surface area contributed by atoms with Gasteiger partial charge in [-0.3, -0.25) is 0 Å². The summed E-state index contributed by atoms with van der Waals surface area (Å²) in [5.74, 6) is 6.74. The van der Waals surface area contributed by atoms with Gasteiger partial charge in [0.2, 0.25) is 0 Å². The van der Waals surface area contributed by atoms with Crippen LogP contribution in [0.5, 0.6) is 0 Å². The second-order valence-electron chi connectivity index (χ2n) is 6.30. The second-order valence-corrected chi connectivity index (χ2v) is 6.30. The average molecular weight is 333 g/mol. The predicted octanol–water partition coefficient (Wildman–Crippen LogP) is 6.06. The number of hydrogen-bond acceptors (Lipinski definition) is 0. The number of aromatic nitrogens is 1. The molecule has 1 heterocycles. The normalized spacial score (nSPS) is 10.2. The lowest BCUT2D eigenvalue weighted by Crippen LogP contribution is -1.84. The van der Waals surface area contributed by atoms with Crippen LogP contribution in [-0.2, 0) is 0 Å². The fraction of sp³-hybridized carbons (Fsp3) is 0.0400. The van der Waals surface area contributed by atoms with Crippen LogP contribution in [-0.4, -0.2) is 4.98 Å². The minimum Gasteiger partial charge on any atom is -0.360 e. The minimum atomic E-state index is 1.02. The van der Waals surface area contributed by atoms with E-state index in [1.54, 1.807) is 0 Å². The number of H-pyrrole nitrogens is 1. The van der Waals surface area contributed by atoms with Crippen molar-refractivity contribution in [2.24, 2.45) is 0 Å². The summed E-state index contributed by atoms with van der Waals surface area (Å²) in [7, 11) is 0. The van der Waals surface area contributed by atoms with Gasteiger partial charge in [0.05, 0.1) is 11.3 Å². The van der Waals surface area contributed by atoms with Gasteiger partial charge >= 0.3 is 0 Å². The Morgan fingerprint density at radius 3 is 1.92 bits per heavy atom. The van der Waals surface area contributed by atoms with Crippen molar-refractivity contribution < 1.29 is 0 Å². The van der Waals surface area contributed by atoms with Crippen LogP contribution in [0.3, 0.4) is 0 Å². The van der Waals surface area contributed by atoms with Crippen LogP contribution in [0.4, 0.5) is 0 Å². The van der Waals surface area contributed by atoms with Crippen molar-refractivity contribution in [1.82, 2.24) is 4.98 Å². The number of hydrogen-bond donors (Lipinski definition) is 1. The zero-order chi connectivity index (χ0) is 17.8. The van der Waals surface area contributed by atoms with Gasteiger partial charge < -0.3 is 4.98 Å². The largest absolute Gasteiger partial charge is 0.360 e. The summed E-state index contributed by atoms with van der Waals surface area (Å²) in [6.45, 7) is 2.09. The van der Waals surface area contributed by atoms with Gasteiger partial charge in [-0.25, -0.2) is 0 Å². The molecule has 0 amide bonds. The number of aromatic amines is 1. The third-order valence-corrected chi connectivity index (χ3v) is 4.41. The Morgan fingerprint density at radius 1 is 0.654 bits per heavy atom. The Balaban J connectivity index is 1.85. The maximum atomic E-state index is 3.43. The molecule has 124 valence electrons. The molecule has 0 aliphatic carbocycles. The summed E-state index contributed by atoms with van der Waals surface area (Å²) in [6.07, 6.45) is 2.05. The molecule has 0 radical (unpaired) electrons. The Hall–Kier alpha value is -3.50. The van der Waals surface area contributed by atoms with Crippen LogP contribution in [0.15, 0.2) is 91.1 Å². The number of nitrogens with one attached hydrogen (secondary N) is 1. The van der Waals surface area contributed by atoms with Crippen molar-refractivity contribution in [3.8, 4) is 34.2 Å². The van der Waals surface area contributed by atoms with Gasteiger partial charge in [-0.1, -0.05) is 90.2 Å². The van der Waals surface area contributed by atoms with Crippen molar-refractivity contribution in [1.29, 1.82) is 0 Å². The minimum absolute atomic E-state index is 1.02. The van der Waals surface area contributed by atoms with E-state index in [-0.39, 0.29) is 0 Å². The Kier molecular flexibility index (Phi) is 4.41. The third-order valence-electron chi connectivity index (χ3n) is 4.41. The van der Waals surface area contributed by atoms with Crippen LogP contribution in [0.25, 0.3) is 22.4 Å². The lowest BCUT2D eigenvalue weighted by atomic mass is 10.00. The molecule has 1 aromatic heterocycles. The maximum absolute atomic E-state index is 3.43. The van der Waals surface area contributed by atoms with Gasteiger partial charge in [0.15, 0.2) is 0 Å². The van der Waals surface area contributed by atoms with Crippen LogP contribution in [0.1, 0.15) is 16.7 Å². The number of aryl methyl sites for hydroxylation is 1. The van der Waals surface area contributed by atoms with E-state index in [0.29, 0.717) is 0 Å². The SMILES string of the molecule is Cc1ccc(C#Cc2c(-c3ccccc3)c[nH]c2-c2ccccc2)cc1. The highest BCUT2D eigenvalue weighted by molar-refractivity contribution is 5.81. The van der Waals surface area contributed by atoms with E-state index in [0.717, 1.165) is 27.9 Å². The Labute approximate surface area is 154 Å². The third kappa shape index (κ3) is 3.31. The molecule has 4 aromatic rings. The molecule has 0 bridgehead atoms. The molecular formula is C25H19N. The van der Waals surface area contributed by atoms with Crippen LogP contribution < -0.4 is 0 Å². The van der Waals surface area contributed by atoms with Crippen LogP contribution in [0.2, 0.25) is 0 Å². The standard InChI is InChI=1S/C25H19N/c1-19-12-14-20(15-13-19)16-17-23-24(21-8-4-2-5-9-21)18-26-25(23)22-10-6-3-7-11-22/h2-15,18,26H,1H3. The number of rotatable bonds is 2. The summed E-state index contributed by atoms with van der Waals surface area (Å²) in [6, 6.07) is 29.1. The first-order valence-corrected chi connectivity index (χ1v) is 8.72. The second kappa shape index (κ2) is 7.17. The van der Waals surface area contributed by atoms with Crippen LogP contribution >= 0.6 is 0 Å². The highest BCUT2D eigenvalue weighted by atomic mass is 14.7. The molecule has 0 saturated heterocycles. The zero-order valence-corrected chi connectivity index (χ0v) is 14.7. The summed E-state index contributed by atoms with van der Waals surface area (Å²) in [5.41, 5.74) is 7.79. The molecule has 0 fully saturated rings. The van der Waals surface area contributed by atoms with Gasteiger partial charge in [-0.2, -0.15) is 0 Å². The smallest absolute Gasteiger partial charge is 0.0619 e. The summed E-state index contributed by atoms with van der Waals surface area (Å²) in [4.78, 5) is 3.43. The molecule has 3 aromatic carbocycles. The van der Waals surface area contributed by atoms with Crippen LogP contribution in [0, 0.1) is 18.8 Å². The Bertz CT molecular complexity index is 1000. The highest BCUT2D eigenvalue weighted by Crippen LogP contribution is 2.31. The summed E-state index contributed by atoms with van der Waals surface area (Å²) >= 11 is 0. The van der Waals surface area contributed by atoms with E-state index in [9.17, 15) is 0 Å². The van der Waals surface area contributed by atoms with Gasteiger partial charge in [0.1, 0.15) is 0 Å². The van der Waals surface area contributed by atoms with Crippen molar-refractivity contribution >= 4 is 0 Å². The van der Waals surface area contributed by atoms with Gasteiger partial charge in [0.25, 0.3) is 0 Å². The number of benzene rings is 3. The van der Waals surface area contributed by atoms with Gasteiger partial charge in [-0.15, -0.1) is 0 Å². The molecule has 1 heteroatoms. The molecule has 0 spiro atoms. The molecule has 0 atom stereocenters. The maximum Gasteiger partial charge on any atom is 0.0619 e. The zero-order valence-electron chi connectivity index (χ0n) is 14.7. The summed E-state index contributed by atoms with van der Waals surface area (Å²) in [5, 5.41) is 0. The quantitative estimate of drug-likeness (QED) is 0.429. The van der Waals surface area contributed by atoms with Crippen molar-refractivity contribution in [3.63, 3.8) is 0 Å². The van der Waals surface area contributed by atoms with Crippen molar-refractivity contribution in [2.45, 2.75) is 6.92 Å². The Morgan fingerprint density at radius 2 is 1.27 bits per heavy atom. The van der Waals surface area contributed by atoms with E-state index >= 15 is 0 Å². The van der Waals surface area contributed by atoms with E-state index in [2.05, 4.69) is 103 Å². The molecular weight excluding hydrogens is 314 g/mol. The molecule has 4 rings (SSSR count).